The summed E-state index contributed by atoms with van der Waals surface area (Å²) >= 11 is 0. The predicted octanol–water partition coefficient (Wildman–Crippen LogP) is 0.432. The molecule has 2 saturated heterocycles. The SMILES string of the molecule is CCC1COC(=C2C(=O)OC(C)(C)OC2=O)N1. The van der Waals surface area contributed by atoms with E-state index < -0.39 is 17.7 Å². The number of rotatable bonds is 1. The molecule has 2 fully saturated rings. The van der Waals surface area contributed by atoms with Crippen molar-refractivity contribution in [1.82, 2.24) is 5.32 Å². The highest BCUT2D eigenvalue weighted by atomic mass is 16.7. The van der Waals surface area contributed by atoms with Gasteiger partial charge < -0.3 is 19.5 Å². The molecule has 0 bridgehead atoms. The summed E-state index contributed by atoms with van der Waals surface area (Å²) in [5.74, 6) is -2.50. The van der Waals surface area contributed by atoms with Gasteiger partial charge in [0.2, 0.25) is 11.5 Å². The molecule has 6 heteroatoms. The second kappa shape index (κ2) is 3.94. The Morgan fingerprint density at radius 2 is 1.88 bits per heavy atom. The molecule has 0 spiro atoms. The van der Waals surface area contributed by atoms with Crippen LogP contribution in [0.4, 0.5) is 0 Å². The van der Waals surface area contributed by atoms with Crippen molar-refractivity contribution in [3.8, 4) is 0 Å². The summed E-state index contributed by atoms with van der Waals surface area (Å²) in [5, 5.41) is 2.95. The third-order valence-corrected chi connectivity index (χ3v) is 2.57. The number of cyclic esters (lactones) is 2. The van der Waals surface area contributed by atoms with Crippen LogP contribution in [0, 0.1) is 0 Å². The zero-order chi connectivity index (χ0) is 12.6. The lowest BCUT2D eigenvalue weighted by Gasteiger charge is -2.30. The van der Waals surface area contributed by atoms with Crippen LogP contribution in [0.5, 0.6) is 0 Å². The van der Waals surface area contributed by atoms with E-state index in [1.54, 1.807) is 0 Å². The fraction of sp³-hybridized carbons (Fsp3) is 0.636. The molecule has 0 aromatic carbocycles. The van der Waals surface area contributed by atoms with Crippen molar-refractivity contribution in [3.05, 3.63) is 11.5 Å². The van der Waals surface area contributed by atoms with E-state index in [4.69, 9.17) is 14.2 Å². The number of nitrogens with one attached hydrogen (secondary N) is 1. The van der Waals surface area contributed by atoms with E-state index in [0.717, 1.165) is 6.42 Å². The first-order valence-corrected chi connectivity index (χ1v) is 5.53. The molecule has 0 aromatic heterocycles. The van der Waals surface area contributed by atoms with Crippen LogP contribution in [-0.4, -0.2) is 30.4 Å². The topological polar surface area (TPSA) is 73.9 Å². The first-order valence-electron chi connectivity index (χ1n) is 5.53. The van der Waals surface area contributed by atoms with Crippen molar-refractivity contribution in [2.45, 2.75) is 39.0 Å². The van der Waals surface area contributed by atoms with Crippen LogP contribution >= 0.6 is 0 Å². The summed E-state index contributed by atoms with van der Waals surface area (Å²) in [7, 11) is 0. The molecule has 1 N–H and O–H groups in total. The molecule has 0 saturated carbocycles. The first-order chi connectivity index (χ1) is 7.93. The Bertz CT molecular complexity index is 377. The molecule has 0 amide bonds. The summed E-state index contributed by atoms with van der Waals surface area (Å²) in [6.07, 6.45) is 0.840. The van der Waals surface area contributed by atoms with Gasteiger partial charge in [-0.2, -0.15) is 0 Å². The standard InChI is InChI=1S/C11H15NO5/c1-4-6-5-15-8(12-6)7-9(13)16-11(2,3)17-10(7)14/h6,12H,4-5H2,1-3H3. The Kier molecular flexibility index (Phi) is 2.73. The predicted molar refractivity (Wildman–Crippen MR) is 56.5 cm³/mol. The monoisotopic (exact) mass is 241 g/mol. The normalized spacial score (nSPS) is 27.1. The Hall–Kier alpha value is -1.72. The molecule has 2 heterocycles. The Morgan fingerprint density at radius 3 is 2.35 bits per heavy atom. The molecule has 1 unspecified atom stereocenters. The Labute approximate surface area is 98.9 Å². The van der Waals surface area contributed by atoms with E-state index in [2.05, 4.69) is 5.32 Å². The molecule has 0 radical (unpaired) electrons. The van der Waals surface area contributed by atoms with Crippen molar-refractivity contribution >= 4 is 11.9 Å². The largest absolute Gasteiger partial charge is 0.476 e. The second-order valence-electron chi connectivity index (χ2n) is 4.44. The van der Waals surface area contributed by atoms with Crippen molar-refractivity contribution in [2.24, 2.45) is 0 Å². The lowest BCUT2D eigenvalue weighted by Crippen LogP contribution is -2.43. The minimum Gasteiger partial charge on any atom is -0.476 e. The van der Waals surface area contributed by atoms with Crippen molar-refractivity contribution in [3.63, 3.8) is 0 Å². The number of ether oxygens (including phenoxy) is 3. The van der Waals surface area contributed by atoms with Crippen LogP contribution in [0.3, 0.4) is 0 Å². The van der Waals surface area contributed by atoms with E-state index >= 15 is 0 Å². The smallest absolute Gasteiger partial charge is 0.354 e. The minimum atomic E-state index is -1.22. The quantitative estimate of drug-likeness (QED) is 0.408. The molecule has 2 aliphatic rings. The van der Waals surface area contributed by atoms with E-state index in [1.165, 1.54) is 13.8 Å². The first kappa shape index (κ1) is 11.8. The zero-order valence-electron chi connectivity index (χ0n) is 10.0. The average Bonchev–Trinajstić information content (AvgIpc) is 2.62. The molecule has 1 atom stereocenters. The van der Waals surface area contributed by atoms with Crippen LogP contribution in [0.15, 0.2) is 11.5 Å². The maximum atomic E-state index is 11.7. The molecule has 0 aliphatic carbocycles. The summed E-state index contributed by atoms with van der Waals surface area (Å²) < 4.78 is 15.2. The number of hydrogen-bond donors (Lipinski definition) is 1. The molecular weight excluding hydrogens is 226 g/mol. The van der Waals surface area contributed by atoms with Gasteiger partial charge in [-0.25, -0.2) is 9.59 Å². The highest BCUT2D eigenvalue weighted by molar-refractivity contribution is 6.15. The number of hydrogen-bond acceptors (Lipinski definition) is 6. The molecular formula is C11H15NO5. The van der Waals surface area contributed by atoms with Gasteiger partial charge in [0.15, 0.2) is 0 Å². The number of esters is 2. The molecule has 6 nitrogen and oxygen atoms in total. The van der Waals surface area contributed by atoms with E-state index in [-0.39, 0.29) is 17.5 Å². The van der Waals surface area contributed by atoms with E-state index in [0.29, 0.717) is 6.61 Å². The van der Waals surface area contributed by atoms with Crippen LogP contribution in [-0.2, 0) is 23.8 Å². The average molecular weight is 241 g/mol. The summed E-state index contributed by atoms with van der Waals surface area (Å²) in [4.78, 5) is 23.4. The highest BCUT2D eigenvalue weighted by Gasteiger charge is 2.43. The van der Waals surface area contributed by atoms with E-state index in [9.17, 15) is 9.59 Å². The number of carbonyl (C=O) groups excluding carboxylic acids is 2. The van der Waals surface area contributed by atoms with Crippen LogP contribution in [0.2, 0.25) is 0 Å². The van der Waals surface area contributed by atoms with Crippen LogP contribution < -0.4 is 5.32 Å². The maximum absolute atomic E-state index is 11.7. The molecule has 2 rings (SSSR count). The molecule has 0 aromatic rings. The minimum absolute atomic E-state index is 0.105. The highest BCUT2D eigenvalue weighted by Crippen LogP contribution is 2.26. The molecule has 94 valence electrons. The maximum Gasteiger partial charge on any atom is 0.354 e. The van der Waals surface area contributed by atoms with Gasteiger partial charge in [-0.05, 0) is 6.42 Å². The lowest BCUT2D eigenvalue weighted by atomic mass is 10.2. The zero-order valence-corrected chi connectivity index (χ0v) is 10.0. The van der Waals surface area contributed by atoms with Gasteiger partial charge in [0.05, 0.1) is 6.04 Å². The third-order valence-electron chi connectivity index (χ3n) is 2.57. The van der Waals surface area contributed by atoms with Crippen molar-refractivity contribution < 1.29 is 23.8 Å². The fourth-order valence-corrected chi connectivity index (χ4v) is 1.66. The Morgan fingerprint density at radius 1 is 1.29 bits per heavy atom. The van der Waals surface area contributed by atoms with Gasteiger partial charge in [0, 0.05) is 13.8 Å². The van der Waals surface area contributed by atoms with Crippen LogP contribution in [0.25, 0.3) is 0 Å². The van der Waals surface area contributed by atoms with Crippen LogP contribution in [0.1, 0.15) is 27.2 Å². The lowest BCUT2D eigenvalue weighted by molar-refractivity contribution is -0.222. The fourth-order valence-electron chi connectivity index (χ4n) is 1.66. The van der Waals surface area contributed by atoms with Gasteiger partial charge in [-0.1, -0.05) is 6.92 Å². The van der Waals surface area contributed by atoms with Gasteiger partial charge in [-0.3, -0.25) is 0 Å². The van der Waals surface area contributed by atoms with Gasteiger partial charge >= 0.3 is 11.9 Å². The van der Waals surface area contributed by atoms with E-state index in [1.807, 2.05) is 6.92 Å². The summed E-state index contributed by atoms with van der Waals surface area (Å²) in [6, 6.07) is 0.105. The van der Waals surface area contributed by atoms with Crippen molar-refractivity contribution in [1.29, 1.82) is 0 Å². The second-order valence-corrected chi connectivity index (χ2v) is 4.44. The summed E-state index contributed by atoms with van der Waals surface area (Å²) in [6.45, 7) is 5.42. The van der Waals surface area contributed by atoms with Crippen molar-refractivity contribution in [2.75, 3.05) is 6.61 Å². The summed E-state index contributed by atoms with van der Waals surface area (Å²) in [5.41, 5.74) is -0.194. The molecule has 17 heavy (non-hydrogen) atoms. The van der Waals surface area contributed by atoms with Gasteiger partial charge in [0.25, 0.3) is 5.79 Å². The third kappa shape index (κ3) is 2.20. The van der Waals surface area contributed by atoms with Gasteiger partial charge in [0.1, 0.15) is 6.61 Å². The van der Waals surface area contributed by atoms with Gasteiger partial charge in [-0.15, -0.1) is 0 Å². The Balaban J connectivity index is 2.25. The molecule has 2 aliphatic heterocycles. The number of carbonyl (C=O) groups is 2.